The largest absolute Gasteiger partial charge is 0.376 e. The van der Waals surface area contributed by atoms with E-state index in [2.05, 4.69) is 12.2 Å². The van der Waals surface area contributed by atoms with Crippen molar-refractivity contribution < 1.29 is 13.3 Å². The van der Waals surface area contributed by atoms with Crippen LogP contribution in [0, 0.1) is 10.1 Å². The van der Waals surface area contributed by atoms with E-state index in [-0.39, 0.29) is 16.6 Å². The minimum Gasteiger partial charge on any atom is -0.376 e. The number of nitro benzene ring substituents is 1. The first kappa shape index (κ1) is 17.1. The standard InChI is InChI=1S/C14H20N2O4S2/c1-3-21-14-6-4-5-12(14)15-11-8-7-10(22(2,19)20)9-13(11)16(17)18/h7-9,12,14-15H,3-6H2,1-2H3. The topological polar surface area (TPSA) is 89.3 Å². The second-order valence-corrected chi connectivity index (χ2v) is 8.92. The van der Waals surface area contributed by atoms with Crippen LogP contribution in [0.4, 0.5) is 11.4 Å². The molecule has 1 aromatic rings. The summed E-state index contributed by atoms with van der Waals surface area (Å²) in [5, 5.41) is 14.9. The fourth-order valence-corrected chi connectivity index (χ4v) is 4.56. The lowest BCUT2D eigenvalue weighted by atomic mass is 10.2. The van der Waals surface area contributed by atoms with Gasteiger partial charge >= 0.3 is 0 Å². The smallest absolute Gasteiger partial charge is 0.293 e. The Hall–Kier alpha value is -1.28. The van der Waals surface area contributed by atoms with Crippen molar-refractivity contribution in [3.8, 4) is 0 Å². The molecule has 2 rings (SSSR count). The Morgan fingerprint density at radius 1 is 1.41 bits per heavy atom. The van der Waals surface area contributed by atoms with Crippen LogP contribution in [-0.2, 0) is 9.84 Å². The number of nitrogens with one attached hydrogen (secondary N) is 1. The van der Waals surface area contributed by atoms with Crippen LogP contribution in [0.5, 0.6) is 0 Å². The normalized spacial score (nSPS) is 21.7. The molecular formula is C14H20N2O4S2. The molecular weight excluding hydrogens is 324 g/mol. The summed E-state index contributed by atoms with van der Waals surface area (Å²) < 4.78 is 23.1. The molecule has 1 aliphatic carbocycles. The Morgan fingerprint density at radius 3 is 2.73 bits per heavy atom. The molecule has 1 fully saturated rings. The zero-order valence-electron chi connectivity index (χ0n) is 12.6. The van der Waals surface area contributed by atoms with E-state index in [9.17, 15) is 18.5 Å². The minimum absolute atomic E-state index is 0.0318. The van der Waals surface area contributed by atoms with E-state index in [4.69, 9.17) is 0 Å². The summed E-state index contributed by atoms with van der Waals surface area (Å²) in [5.74, 6) is 1.01. The van der Waals surface area contributed by atoms with E-state index in [1.54, 1.807) is 0 Å². The van der Waals surface area contributed by atoms with Crippen molar-refractivity contribution in [2.24, 2.45) is 0 Å². The Kier molecular flexibility index (Phi) is 5.33. The number of benzene rings is 1. The molecule has 0 saturated heterocycles. The number of hydrogen-bond donors (Lipinski definition) is 1. The zero-order valence-corrected chi connectivity index (χ0v) is 14.2. The lowest BCUT2D eigenvalue weighted by molar-refractivity contribution is -0.384. The van der Waals surface area contributed by atoms with Crippen molar-refractivity contribution in [1.29, 1.82) is 0 Å². The van der Waals surface area contributed by atoms with Crippen LogP contribution < -0.4 is 5.32 Å². The van der Waals surface area contributed by atoms with Gasteiger partial charge in [0.2, 0.25) is 0 Å². The molecule has 0 radical (unpaired) electrons. The van der Waals surface area contributed by atoms with Gasteiger partial charge < -0.3 is 5.32 Å². The highest BCUT2D eigenvalue weighted by molar-refractivity contribution is 7.99. The maximum atomic E-state index is 11.6. The number of rotatable bonds is 6. The molecule has 0 heterocycles. The molecule has 1 N–H and O–H groups in total. The number of nitro groups is 1. The number of nitrogens with zero attached hydrogens (tertiary/aromatic N) is 1. The molecule has 1 aromatic carbocycles. The van der Waals surface area contributed by atoms with Gasteiger partial charge in [0.1, 0.15) is 5.69 Å². The Morgan fingerprint density at radius 2 is 2.14 bits per heavy atom. The number of hydrogen-bond acceptors (Lipinski definition) is 6. The van der Waals surface area contributed by atoms with Crippen LogP contribution in [-0.4, -0.2) is 36.6 Å². The first-order chi connectivity index (χ1) is 10.3. The minimum atomic E-state index is -3.46. The lowest BCUT2D eigenvalue weighted by Crippen LogP contribution is -2.26. The summed E-state index contributed by atoms with van der Waals surface area (Å²) in [6, 6.07) is 4.24. The summed E-state index contributed by atoms with van der Waals surface area (Å²) in [6.07, 6.45) is 4.22. The Bertz CT molecular complexity index is 661. The summed E-state index contributed by atoms with van der Waals surface area (Å²) in [4.78, 5) is 10.7. The molecule has 122 valence electrons. The highest BCUT2D eigenvalue weighted by Gasteiger charge is 2.29. The van der Waals surface area contributed by atoms with Crippen molar-refractivity contribution in [3.63, 3.8) is 0 Å². The van der Waals surface area contributed by atoms with E-state index < -0.39 is 14.8 Å². The van der Waals surface area contributed by atoms with Crippen LogP contribution in [0.25, 0.3) is 0 Å². The van der Waals surface area contributed by atoms with Gasteiger partial charge in [-0.2, -0.15) is 11.8 Å². The zero-order chi connectivity index (χ0) is 16.3. The summed E-state index contributed by atoms with van der Waals surface area (Å²) >= 11 is 1.86. The van der Waals surface area contributed by atoms with Crippen LogP contribution in [0.3, 0.4) is 0 Å². The molecule has 0 spiro atoms. The number of sulfone groups is 1. The van der Waals surface area contributed by atoms with E-state index in [0.29, 0.717) is 10.9 Å². The van der Waals surface area contributed by atoms with E-state index in [1.165, 1.54) is 12.1 Å². The Balaban J connectivity index is 2.29. The summed E-state index contributed by atoms with van der Waals surface area (Å²) in [6.45, 7) is 2.10. The van der Waals surface area contributed by atoms with E-state index in [1.807, 2.05) is 11.8 Å². The molecule has 0 bridgehead atoms. The van der Waals surface area contributed by atoms with Crippen LogP contribution in [0.15, 0.2) is 23.1 Å². The van der Waals surface area contributed by atoms with Gasteiger partial charge in [-0.15, -0.1) is 0 Å². The molecule has 6 nitrogen and oxygen atoms in total. The van der Waals surface area contributed by atoms with Gasteiger partial charge in [0.05, 0.1) is 9.82 Å². The molecule has 0 aliphatic heterocycles. The predicted molar refractivity (Wildman–Crippen MR) is 89.4 cm³/mol. The third-order valence-electron chi connectivity index (χ3n) is 3.77. The molecule has 2 atom stereocenters. The molecule has 1 aliphatic rings. The van der Waals surface area contributed by atoms with E-state index >= 15 is 0 Å². The quantitative estimate of drug-likeness (QED) is 0.630. The SMILES string of the molecule is CCSC1CCCC1Nc1ccc(S(C)(=O)=O)cc1[N+](=O)[O-]. The third-order valence-corrected chi connectivity index (χ3v) is 6.20. The fourth-order valence-electron chi connectivity index (χ4n) is 2.72. The summed E-state index contributed by atoms with van der Waals surface area (Å²) in [5.41, 5.74) is 0.209. The highest BCUT2D eigenvalue weighted by atomic mass is 32.2. The average molecular weight is 344 g/mol. The molecule has 1 saturated carbocycles. The second kappa shape index (κ2) is 6.87. The van der Waals surface area contributed by atoms with Gasteiger partial charge in [-0.05, 0) is 30.7 Å². The summed E-state index contributed by atoms with van der Waals surface area (Å²) in [7, 11) is -3.46. The molecule has 2 unspecified atom stereocenters. The first-order valence-corrected chi connectivity index (χ1v) is 10.1. The first-order valence-electron chi connectivity index (χ1n) is 7.19. The third kappa shape index (κ3) is 3.92. The van der Waals surface area contributed by atoms with Crippen molar-refractivity contribution in [1.82, 2.24) is 0 Å². The molecule has 22 heavy (non-hydrogen) atoms. The average Bonchev–Trinajstić information content (AvgIpc) is 2.85. The van der Waals surface area contributed by atoms with Gasteiger partial charge in [0, 0.05) is 23.6 Å². The van der Waals surface area contributed by atoms with Crippen LogP contribution in [0.2, 0.25) is 0 Å². The maximum absolute atomic E-state index is 11.6. The maximum Gasteiger partial charge on any atom is 0.293 e. The Labute approximate surface area is 134 Å². The predicted octanol–water partition coefficient (Wildman–Crippen LogP) is 3.08. The highest BCUT2D eigenvalue weighted by Crippen LogP contribution is 2.35. The van der Waals surface area contributed by atoms with Crippen molar-refractivity contribution in [3.05, 3.63) is 28.3 Å². The second-order valence-electron chi connectivity index (χ2n) is 5.38. The van der Waals surface area contributed by atoms with Gasteiger partial charge in [-0.25, -0.2) is 8.42 Å². The van der Waals surface area contributed by atoms with Crippen molar-refractivity contribution >= 4 is 33.0 Å². The van der Waals surface area contributed by atoms with Crippen molar-refractivity contribution in [2.45, 2.75) is 42.4 Å². The van der Waals surface area contributed by atoms with Crippen LogP contribution >= 0.6 is 11.8 Å². The molecule has 0 amide bonds. The lowest BCUT2D eigenvalue weighted by Gasteiger charge is -2.21. The van der Waals surface area contributed by atoms with Gasteiger partial charge in [0.15, 0.2) is 9.84 Å². The van der Waals surface area contributed by atoms with E-state index in [0.717, 1.165) is 37.3 Å². The number of thioether (sulfide) groups is 1. The molecule has 8 heteroatoms. The van der Waals surface area contributed by atoms with Crippen LogP contribution in [0.1, 0.15) is 26.2 Å². The van der Waals surface area contributed by atoms with Crippen molar-refractivity contribution in [2.75, 3.05) is 17.3 Å². The number of anilines is 1. The molecule has 0 aromatic heterocycles. The monoisotopic (exact) mass is 344 g/mol. The van der Waals surface area contributed by atoms with Gasteiger partial charge in [-0.1, -0.05) is 13.3 Å². The fraction of sp³-hybridized carbons (Fsp3) is 0.571. The van der Waals surface area contributed by atoms with Gasteiger partial charge in [-0.3, -0.25) is 10.1 Å². The van der Waals surface area contributed by atoms with Gasteiger partial charge in [0.25, 0.3) is 5.69 Å².